The van der Waals surface area contributed by atoms with Crippen LogP contribution in [0.4, 0.5) is 0 Å². The Morgan fingerprint density at radius 2 is 1.07 bits per heavy atom. The molecule has 0 unspecified atom stereocenters. The normalized spacial score (nSPS) is 12.2. The molecule has 0 spiro atoms. The topological polar surface area (TPSA) is 9.86 Å². The van der Waals surface area contributed by atoms with E-state index in [2.05, 4.69) is 155 Å². The Hall–Kier alpha value is -5.38. The van der Waals surface area contributed by atoms with Gasteiger partial charge in [0, 0.05) is 53.1 Å². The fourth-order valence-corrected chi connectivity index (χ4v) is 8.41. The molecular weight excluding hydrogens is 541 g/mol. The molecule has 7 aromatic carbocycles. The lowest BCUT2D eigenvalue weighted by molar-refractivity contribution is 1.18. The van der Waals surface area contributed by atoms with Crippen molar-refractivity contribution in [1.29, 1.82) is 0 Å². The molecule has 3 heterocycles. The van der Waals surface area contributed by atoms with E-state index in [1.165, 1.54) is 85.9 Å². The van der Waals surface area contributed by atoms with Crippen molar-refractivity contribution in [3.8, 4) is 11.4 Å². The van der Waals surface area contributed by atoms with Gasteiger partial charge in [-0.25, -0.2) is 0 Å². The van der Waals surface area contributed by atoms with Gasteiger partial charge in [0.1, 0.15) is 0 Å². The SMILES string of the molecule is c1ccc(-n2c3ccccc3c3ccc4c(c5ccccc5n4-c4ccc5sc6ccc7ccccc7c6c5c4)c32)cc1. The summed E-state index contributed by atoms with van der Waals surface area (Å²) in [7, 11) is 0. The average Bonchev–Trinajstić information content (AvgIpc) is 3.72. The van der Waals surface area contributed by atoms with Crippen molar-refractivity contribution in [2.45, 2.75) is 0 Å². The van der Waals surface area contributed by atoms with Crippen molar-refractivity contribution in [1.82, 2.24) is 9.13 Å². The van der Waals surface area contributed by atoms with Crippen LogP contribution in [0.1, 0.15) is 0 Å². The highest BCUT2D eigenvalue weighted by Gasteiger charge is 2.21. The Kier molecular flexibility index (Phi) is 4.63. The van der Waals surface area contributed by atoms with Gasteiger partial charge < -0.3 is 9.13 Å². The molecule has 0 radical (unpaired) electrons. The molecule has 0 saturated carbocycles. The van der Waals surface area contributed by atoms with Crippen LogP contribution in [-0.4, -0.2) is 9.13 Å². The fourth-order valence-electron chi connectivity index (χ4n) is 7.31. The largest absolute Gasteiger partial charge is 0.309 e. The highest BCUT2D eigenvalue weighted by Crippen LogP contribution is 2.44. The summed E-state index contributed by atoms with van der Waals surface area (Å²) < 4.78 is 7.57. The molecule has 43 heavy (non-hydrogen) atoms. The molecule has 0 aliphatic carbocycles. The van der Waals surface area contributed by atoms with Gasteiger partial charge in [-0.2, -0.15) is 0 Å². The molecule has 0 aliphatic rings. The second kappa shape index (κ2) is 8.57. The Bertz CT molecular complexity index is 2720. The number of aromatic nitrogens is 2. The molecule has 0 bridgehead atoms. The molecule has 3 heteroatoms. The molecule has 0 fully saturated rings. The molecule has 2 nitrogen and oxygen atoms in total. The third kappa shape index (κ3) is 3.12. The van der Waals surface area contributed by atoms with Crippen molar-refractivity contribution < 1.29 is 0 Å². The summed E-state index contributed by atoms with van der Waals surface area (Å²) in [4.78, 5) is 0. The van der Waals surface area contributed by atoms with E-state index < -0.39 is 0 Å². The number of nitrogens with zero attached hydrogens (tertiary/aromatic N) is 2. The summed E-state index contributed by atoms with van der Waals surface area (Å²) in [6, 6.07) is 53.4. The minimum absolute atomic E-state index is 1.18. The number of benzene rings is 7. The number of hydrogen-bond acceptors (Lipinski definition) is 1. The maximum atomic E-state index is 2.46. The minimum Gasteiger partial charge on any atom is -0.309 e. The van der Waals surface area contributed by atoms with E-state index in [0.29, 0.717) is 0 Å². The maximum Gasteiger partial charge on any atom is 0.0641 e. The summed E-state index contributed by atoms with van der Waals surface area (Å²) in [6.07, 6.45) is 0. The Morgan fingerprint density at radius 1 is 0.372 bits per heavy atom. The van der Waals surface area contributed by atoms with Crippen molar-refractivity contribution in [3.63, 3.8) is 0 Å². The Balaban J connectivity index is 1.37. The lowest BCUT2D eigenvalue weighted by Crippen LogP contribution is -1.95. The number of thiophene rings is 1. The van der Waals surface area contributed by atoms with E-state index >= 15 is 0 Å². The smallest absolute Gasteiger partial charge is 0.0641 e. The van der Waals surface area contributed by atoms with Gasteiger partial charge in [0.25, 0.3) is 0 Å². The van der Waals surface area contributed by atoms with Crippen molar-refractivity contribution in [2.24, 2.45) is 0 Å². The zero-order valence-electron chi connectivity index (χ0n) is 23.2. The molecule has 3 aromatic heterocycles. The second-order valence-corrected chi connectivity index (χ2v) is 12.4. The van der Waals surface area contributed by atoms with Crippen molar-refractivity contribution in [2.75, 3.05) is 0 Å². The van der Waals surface area contributed by atoms with Crippen LogP contribution in [0.15, 0.2) is 146 Å². The zero-order valence-corrected chi connectivity index (χ0v) is 24.0. The van der Waals surface area contributed by atoms with Crippen LogP contribution in [0, 0.1) is 0 Å². The standard InChI is InChI=1S/C40H24N2S/c1-2-11-26(12-3-1)42-33-16-8-6-14-29(33)30-20-21-35-39(40(30)42)31-15-7-9-17-34(31)41(35)27-19-23-36-32(24-27)38-28-13-5-4-10-25(28)18-22-37(38)43-36/h1-24H. The highest BCUT2D eigenvalue weighted by molar-refractivity contribution is 7.26. The maximum absolute atomic E-state index is 2.46. The first-order chi connectivity index (χ1) is 21.3. The van der Waals surface area contributed by atoms with Gasteiger partial charge in [0.05, 0.1) is 22.1 Å². The van der Waals surface area contributed by atoms with Crippen LogP contribution in [0.25, 0.3) is 85.9 Å². The van der Waals surface area contributed by atoms with Crippen molar-refractivity contribution in [3.05, 3.63) is 146 Å². The Morgan fingerprint density at radius 3 is 1.93 bits per heavy atom. The summed E-state index contributed by atoms with van der Waals surface area (Å²) in [6.45, 7) is 0. The average molecular weight is 565 g/mol. The van der Waals surface area contributed by atoms with E-state index in [9.17, 15) is 0 Å². The summed E-state index contributed by atoms with van der Waals surface area (Å²) in [5.74, 6) is 0. The predicted octanol–water partition coefficient (Wildman–Crippen LogP) is 11.4. The van der Waals surface area contributed by atoms with Crippen LogP contribution in [0.3, 0.4) is 0 Å². The zero-order chi connectivity index (χ0) is 28.1. The molecule has 10 rings (SSSR count). The monoisotopic (exact) mass is 564 g/mol. The molecule has 0 N–H and O–H groups in total. The van der Waals surface area contributed by atoms with Gasteiger partial charge >= 0.3 is 0 Å². The molecule has 0 atom stereocenters. The van der Waals surface area contributed by atoms with Crippen LogP contribution < -0.4 is 0 Å². The van der Waals surface area contributed by atoms with E-state index in [1.807, 2.05) is 11.3 Å². The van der Waals surface area contributed by atoms with Crippen LogP contribution >= 0.6 is 11.3 Å². The van der Waals surface area contributed by atoms with Gasteiger partial charge in [0.2, 0.25) is 0 Å². The first-order valence-electron chi connectivity index (χ1n) is 14.7. The minimum atomic E-state index is 1.18. The summed E-state index contributed by atoms with van der Waals surface area (Å²) in [5.41, 5.74) is 7.29. The van der Waals surface area contributed by atoms with E-state index in [0.717, 1.165) is 0 Å². The van der Waals surface area contributed by atoms with Gasteiger partial charge in [-0.15, -0.1) is 11.3 Å². The van der Waals surface area contributed by atoms with Crippen molar-refractivity contribution >= 4 is 85.9 Å². The van der Waals surface area contributed by atoms with Crippen LogP contribution in [0.2, 0.25) is 0 Å². The van der Waals surface area contributed by atoms with E-state index in [1.54, 1.807) is 0 Å². The van der Waals surface area contributed by atoms with Crippen LogP contribution in [0.5, 0.6) is 0 Å². The van der Waals surface area contributed by atoms with E-state index in [4.69, 9.17) is 0 Å². The number of hydrogen-bond donors (Lipinski definition) is 0. The van der Waals surface area contributed by atoms with Gasteiger partial charge in [-0.05, 0) is 65.4 Å². The quantitative estimate of drug-likeness (QED) is 0.198. The Labute approximate surface area is 251 Å². The van der Waals surface area contributed by atoms with Gasteiger partial charge in [-0.3, -0.25) is 0 Å². The molecule has 200 valence electrons. The first kappa shape index (κ1) is 23.2. The van der Waals surface area contributed by atoms with E-state index in [-0.39, 0.29) is 0 Å². The number of para-hydroxylation sites is 3. The molecule has 0 saturated heterocycles. The third-order valence-electron chi connectivity index (χ3n) is 9.09. The number of rotatable bonds is 2. The molecule has 10 aromatic rings. The van der Waals surface area contributed by atoms with Gasteiger partial charge in [0.15, 0.2) is 0 Å². The third-order valence-corrected chi connectivity index (χ3v) is 10.2. The molecular formula is C40H24N2S. The van der Waals surface area contributed by atoms with Crippen LogP contribution in [-0.2, 0) is 0 Å². The lowest BCUT2D eigenvalue weighted by Gasteiger charge is -2.10. The number of fused-ring (bicyclic) bond motifs is 12. The first-order valence-corrected chi connectivity index (χ1v) is 15.5. The summed E-state index contributed by atoms with van der Waals surface area (Å²) >= 11 is 1.88. The lowest BCUT2D eigenvalue weighted by atomic mass is 10.0. The molecule has 0 amide bonds. The summed E-state index contributed by atoms with van der Waals surface area (Å²) in [5, 5.41) is 10.4. The molecule has 0 aliphatic heterocycles. The predicted molar refractivity (Wildman–Crippen MR) is 186 cm³/mol. The fraction of sp³-hybridized carbons (Fsp3) is 0. The highest BCUT2D eigenvalue weighted by atomic mass is 32.1. The van der Waals surface area contributed by atoms with Gasteiger partial charge in [-0.1, -0.05) is 91.0 Å². The second-order valence-electron chi connectivity index (χ2n) is 11.3.